The summed E-state index contributed by atoms with van der Waals surface area (Å²) in [5.74, 6) is 0.232. The predicted octanol–water partition coefficient (Wildman–Crippen LogP) is 3.72. The van der Waals surface area contributed by atoms with E-state index in [4.69, 9.17) is 13.9 Å². The SMILES string of the molecule is CCc1cnc2c3cc(ccc13)CCCCc1nnc(o1)N[C@@H](C(C)C)C(=O)N1CC(C[C@H]1C(=O)OC)O2. The number of anilines is 1. The molecule has 0 radical (unpaired) electrons. The molecular weight excluding hydrogens is 486 g/mol. The first-order valence-electron chi connectivity index (χ1n) is 13.4. The number of esters is 1. The van der Waals surface area contributed by atoms with E-state index in [1.807, 2.05) is 20.0 Å². The van der Waals surface area contributed by atoms with Gasteiger partial charge in [-0.3, -0.25) is 4.79 Å². The van der Waals surface area contributed by atoms with Crippen molar-refractivity contribution in [3.63, 3.8) is 0 Å². The van der Waals surface area contributed by atoms with Gasteiger partial charge in [0.05, 0.1) is 13.7 Å². The van der Waals surface area contributed by atoms with E-state index in [0.29, 0.717) is 24.6 Å². The maximum atomic E-state index is 13.8. The van der Waals surface area contributed by atoms with Crippen LogP contribution in [0.4, 0.5) is 6.01 Å². The minimum absolute atomic E-state index is 0.104. The zero-order chi connectivity index (χ0) is 26.8. The van der Waals surface area contributed by atoms with Crippen molar-refractivity contribution in [2.24, 2.45) is 5.92 Å². The first kappa shape index (κ1) is 25.9. The Labute approximate surface area is 222 Å². The smallest absolute Gasteiger partial charge is 0.328 e. The van der Waals surface area contributed by atoms with Gasteiger partial charge in [0.2, 0.25) is 17.7 Å². The lowest BCUT2D eigenvalue weighted by atomic mass is 10.00. The van der Waals surface area contributed by atoms with Crippen molar-refractivity contribution in [3.05, 3.63) is 41.4 Å². The minimum atomic E-state index is -0.766. The molecule has 38 heavy (non-hydrogen) atoms. The number of ether oxygens (including phenoxy) is 2. The van der Waals surface area contributed by atoms with Gasteiger partial charge >= 0.3 is 12.0 Å². The van der Waals surface area contributed by atoms with Gasteiger partial charge in [-0.1, -0.05) is 38.0 Å². The third-order valence-corrected chi connectivity index (χ3v) is 7.46. The van der Waals surface area contributed by atoms with Crippen LogP contribution in [0.15, 0.2) is 28.8 Å². The zero-order valence-electron chi connectivity index (χ0n) is 22.4. The molecule has 3 atom stereocenters. The van der Waals surface area contributed by atoms with Gasteiger partial charge in [-0.15, -0.1) is 5.10 Å². The summed E-state index contributed by atoms with van der Waals surface area (Å²) < 4.78 is 17.3. The van der Waals surface area contributed by atoms with Crippen LogP contribution in [0.3, 0.4) is 0 Å². The van der Waals surface area contributed by atoms with Crippen LogP contribution in [0.25, 0.3) is 10.8 Å². The van der Waals surface area contributed by atoms with Crippen molar-refractivity contribution in [2.45, 2.75) is 77.5 Å². The van der Waals surface area contributed by atoms with Gasteiger partial charge in [-0.25, -0.2) is 9.78 Å². The lowest BCUT2D eigenvalue weighted by molar-refractivity contribution is -0.151. The number of fused-ring (bicyclic) bond motifs is 5. The predicted molar refractivity (Wildman–Crippen MR) is 141 cm³/mol. The van der Waals surface area contributed by atoms with Crippen LogP contribution < -0.4 is 10.1 Å². The molecule has 0 spiro atoms. The van der Waals surface area contributed by atoms with E-state index in [9.17, 15) is 9.59 Å². The summed E-state index contributed by atoms with van der Waals surface area (Å²) in [6, 6.07) is 5.22. The average Bonchev–Trinajstić information content (AvgIpc) is 3.55. The summed E-state index contributed by atoms with van der Waals surface area (Å²) >= 11 is 0. The number of aromatic nitrogens is 3. The molecule has 5 rings (SSSR count). The highest BCUT2D eigenvalue weighted by atomic mass is 16.5. The van der Waals surface area contributed by atoms with Crippen LogP contribution >= 0.6 is 0 Å². The molecule has 2 aliphatic heterocycles. The molecule has 2 aromatic heterocycles. The fourth-order valence-corrected chi connectivity index (χ4v) is 5.34. The first-order valence-corrected chi connectivity index (χ1v) is 13.4. The number of benzene rings is 1. The number of pyridine rings is 1. The quantitative estimate of drug-likeness (QED) is 0.514. The monoisotopic (exact) mass is 521 g/mol. The summed E-state index contributed by atoms with van der Waals surface area (Å²) in [4.78, 5) is 32.8. The molecule has 202 valence electrons. The molecule has 10 heteroatoms. The van der Waals surface area contributed by atoms with Crippen molar-refractivity contribution < 1.29 is 23.5 Å². The van der Waals surface area contributed by atoms with E-state index in [-0.39, 0.29) is 24.4 Å². The van der Waals surface area contributed by atoms with Crippen molar-refractivity contribution in [2.75, 3.05) is 19.0 Å². The maximum Gasteiger partial charge on any atom is 0.328 e. The number of carbonyl (C=O) groups excluding carboxylic acids is 2. The van der Waals surface area contributed by atoms with Gasteiger partial charge in [0, 0.05) is 24.4 Å². The van der Waals surface area contributed by atoms with Crippen molar-refractivity contribution in [1.82, 2.24) is 20.1 Å². The van der Waals surface area contributed by atoms with Gasteiger partial charge in [-0.05, 0) is 54.2 Å². The number of carbonyl (C=O) groups is 2. The van der Waals surface area contributed by atoms with Crippen molar-refractivity contribution in [3.8, 4) is 5.88 Å². The van der Waals surface area contributed by atoms with Gasteiger partial charge < -0.3 is 24.1 Å². The van der Waals surface area contributed by atoms with Crippen molar-refractivity contribution >= 4 is 28.7 Å². The molecule has 1 amide bonds. The van der Waals surface area contributed by atoms with E-state index in [0.717, 1.165) is 42.0 Å². The van der Waals surface area contributed by atoms with Gasteiger partial charge in [0.25, 0.3) is 0 Å². The molecule has 1 fully saturated rings. The van der Waals surface area contributed by atoms with Gasteiger partial charge in [-0.2, -0.15) is 0 Å². The second-order valence-corrected chi connectivity index (χ2v) is 10.4. The average molecular weight is 522 g/mol. The molecule has 3 aromatic rings. The second kappa shape index (κ2) is 11.0. The molecular formula is C28H35N5O5. The Bertz CT molecular complexity index is 1320. The lowest BCUT2D eigenvalue weighted by Crippen LogP contribution is -2.50. The molecule has 0 aliphatic carbocycles. The summed E-state index contributed by atoms with van der Waals surface area (Å²) in [6.45, 7) is 6.20. The number of methoxy groups -OCH3 is 1. The van der Waals surface area contributed by atoms with E-state index >= 15 is 0 Å². The van der Waals surface area contributed by atoms with Crippen LogP contribution in [0, 0.1) is 5.92 Å². The fraction of sp³-hybridized carbons (Fsp3) is 0.536. The lowest BCUT2D eigenvalue weighted by Gasteiger charge is -2.29. The largest absolute Gasteiger partial charge is 0.472 e. The second-order valence-electron chi connectivity index (χ2n) is 10.4. The zero-order valence-corrected chi connectivity index (χ0v) is 22.4. The molecule has 1 aromatic carbocycles. The minimum Gasteiger partial charge on any atom is -0.472 e. The Morgan fingerprint density at radius 3 is 2.79 bits per heavy atom. The maximum absolute atomic E-state index is 13.8. The number of hydrogen-bond acceptors (Lipinski definition) is 9. The Morgan fingerprint density at radius 1 is 1.21 bits per heavy atom. The van der Waals surface area contributed by atoms with Crippen LogP contribution in [0.5, 0.6) is 5.88 Å². The fourth-order valence-electron chi connectivity index (χ4n) is 5.34. The number of aryl methyl sites for hydroxylation is 3. The Morgan fingerprint density at radius 2 is 2.03 bits per heavy atom. The highest BCUT2D eigenvalue weighted by molar-refractivity contribution is 5.91. The van der Waals surface area contributed by atoms with E-state index in [1.54, 1.807) is 4.90 Å². The standard InChI is InChI=1S/C28H35N5O5/c1-5-18-14-29-25-21-12-17(10-11-20(18)21)8-6-7-9-23-31-32-28(38-23)30-24(16(2)3)26(34)33-15-19(37-25)13-22(33)27(35)36-4/h10-12,14,16,19,22,24H,5-9,13,15H2,1-4H3,(H,30,32)/t19?,22-,24-/m0/s1. The van der Waals surface area contributed by atoms with E-state index in [2.05, 4.69) is 45.6 Å². The molecule has 10 nitrogen and oxygen atoms in total. The topological polar surface area (TPSA) is 120 Å². The van der Waals surface area contributed by atoms with E-state index in [1.165, 1.54) is 12.7 Å². The molecule has 2 aliphatic rings. The van der Waals surface area contributed by atoms with Crippen LogP contribution in [0.2, 0.25) is 0 Å². The Hall–Kier alpha value is -3.69. The summed E-state index contributed by atoms with van der Waals surface area (Å²) in [5, 5.41) is 13.4. The highest BCUT2D eigenvalue weighted by Crippen LogP contribution is 2.32. The third-order valence-electron chi connectivity index (χ3n) is 7.46. The molecule has 1 N–H and O–H groups in total. The van der Waals surface area contributed by atoms with Gasteiger partial charge in [0.1, 0.15) is 18.2 Å². The summed E-state index contributed by atoms with van der Waals surface area (Å²) in [5.41, 5.74) is 2.34. The van der Waals surface area contributed by atoms with Gasteiger partial charge in [0.15, 0.2) is 0 Å². The van der Waals surface area contributed by atoms with E-state index < -0.39 is 24.2 Å². The highest BCUT2D eigenvalue weighted by Gasteiger charge is 2.44. The summed E-state index contributed by atoms with van der Waals surface area (Å²) in [6.07, 6.45) is 6.00. The molecule has 1 saturated heterocycles. The number of rotatable bonds is 3. The Balaban J connectivity index is 1.55. The van der Waals surface area contributed by atoms with Crippen LogP contribution in [-0.4, -0.2) is 63.8 Å². The molecule has 4 heterocycles. The summed E-state index contributed by atoms with van der Waals surface area (Å²) in [7, 11) is 1.33. The van der Waals surface area contributed by atoms with Crippen LogP contribution in [-0.2, 0) is 33.6 Å². The number of hydrogen-bond donors (Lipinski definition) is 1. The molecule has 1 unspecified atom stereocenters. The Kier molecular flexibility index (Phi) is 7.49. The number of amides is 1. The number of nitrogens with zero attached hydrogens (tertiary/aromatic N) is 4. The normalized spacial score (nSPS) is 22.2. The molecule has 0 saturated carbocycles. The third kappa shape index (κ3) is 5.16. The first-order chi connectivity index (χ1) is 18.4. The number of nitrogens with one attached hydrogen (secondary N) is 1. The molecule has 6 bridgehead atoms. The van der Waals surface area contributed by atoms with Crippen molar-refractivity contribution in [1.29, 1.82) is 0 Å². The van der Waals surface area contributed by atoms with Crippen LogP contribution in [0.1, 0.15) is 57.1 Å².